The molecule has 0 aliphatic heterocycles. The number of hydrogen-bond donors (Lipinski definition) is 1. The summed E-state index contributed by atoms with van der Waals surface area (Å²) in [6, 6.07) is -0.279. The van der Waals surface area contributed by atoms with Crippen molar-refractivity contribution in [1.29, 1.82) is 0 Å². The Hall–Kier alpha value is -0.710. The van der Waals surface area contributed by atoms with Gasteiger partial charge in [0.25, 0.3) is 0 Å². The molecule has 5 heteroatoms. The van der Waals surface area contributed by atoms with Gasteiger partial charge in [0.05, 0.1) is 6.04 Å². The third kappa shape index (κ3) is 2.90. The average Bonchev–Trinajstić information content (AvgIpc) is 2.19. The lowest BCUT2D eigenvalue weighted by atomic mass is 9.98. The molecule has 0 aromatic rings. The molecule has 0 saturated heterocycles. The Morgan fingerprint density at radius 1 is 1.71 bits per heavy atom. The van der Waals surface area contributed by atoms with Crippen molar-refractivity contribution in [2.75, 3.05) is 13.3 Å². The molecule has 2 unspecified atom stereocenters. The van der Waals surface area contributed by atoms with Gasteiger partial charge < -0.3 is 14.9 Å². The molecule has 0 saturated carbocycles. The van der Waals surface area contributed by atoms with Crippen LogP contribution >= 0.6 is 11.8 Å². The van der Waals surface area contributed by atoms with Crippen LogP contribution in [0.25, 0.3) is 0 Å². The normalized spacial score (nSPS) is 17.7. The van der Waals surface area contributed by atoms with Crippen molar-refractivity contribution in [3.05, 3.63) is 0 Å². The van der Waals surface area contributed by atoms with Crippen molar-refractivity contribution < 1.29 is 10.0 Å². The number of likely N-dealkylation sites (N-methyl/N-ethyl adjacent to an activating group) is 1. The molecular weight excluding hydrogens is 200 g/mol. The van der Waals surface area contributed by atoms with E-state index < -0.39 is 0 Å². The quantitative estimate of drug-likeness (QED) is 0.241. The maximum atomic E-state index is 11.0. The fourth-order valence-electron chi connectivity index (χ4n) is 1.30. The lowest BCUT2D eigenvalue weighted by molar-refractivity contribution is -0.111. The molecule has 0 aromatic heterocycles. The van der Waals surface area contributed by atoms with Gasteiger partial charge in [-0.25, -0.2) is 0 Å². The van der Waals surface area contributed by atoms with Gasteiger partial charge in [0.1, 0.15) is 12.6 Å². The molecule has 14 heavy (non-hydrogen) atoms. The molecule has 0 fully saturated rings. The van der Waals surface area contributed by atoms with Gasteiger partial charge in [-0.15, -0.1) is 0 Å². The topological polar surface area (TPSA) is 52.9 Å². The third-order valence-corrected chi connectivity index (χ3v) is 4.06. The molecule has 4 nitrogen and oxygen atoms in total. The lowest BCUT2D eigenvalue weighted by Gasteiger charge is -2.36. The second kappa shape index (κ2) is 5.90. The van der Waals surface area contributed by atoms with Gasteiger partial charge in [0.2, 0.25) is 0 Å². The number of rotatable bonds is 6. The molecule has 0 amide bonds. The summed E-state index contributed by atoms with van der Waals surface area (Å²) in [5.74, 6) is 0. The predicted octanol–water partition coefficient (Wildman–Crippen LogP) is 1.43. The Bertz CT molecular complexity index is 205. The number of nitrogens with zero attached hydrogens (tertiary/aromatic N) is 2. The largest absolute Gasteiger partial charge is 0.410 e. The maximum Gasteiger partial charge on any atom is 0.143 e. The maximum absolute atomic E-state index is 11.0. The highest BCUT2D eigenvalue weighted by atomic mass is 32.2. The van der Waals surface area contributed by atoms with E-state index in [-0.39, 0.29) is 10.8 Å². The third-order valence-electron chi connectivity index (χ3n) is 2.60. The molecule has 82 valence electrons. The average molecular weight is 218 g/mol. The van der Waals surface area contributed by atoms with Crippen LogP contribution in [0.4, 0.5) is 0 Å². The van der Waals surface area contributed by atoms with Crippen molar-refractivity contribution in [1.82, 2.24) is 4.90 Å². The molecule has 0 aliphatic rings. The summed E-state index contributed by atoms with van der Waals surface area (Å²) in [5.41, 5.74) is 0. The van der Waals surface area contributed by atoms with Gasteiger partial charge >= 0.3 is 0 Å². The zero-order valence-electron chi connectivity index (χ0n) is 9.10. The summed E-state index contributed by atoms with van der Waals surface area (Å²) in [6.07, 6.45) is 5.00. The number of carbonyl (C=O) groups is 1. The van der Waals surface area contributed by atoms with E-state index in [1.165, 1.54) is 6.34 Å². The van der Waals surface area contributed by atoms with Crippen LogP contribution in [0.5, 0.6) is 0 Å². The first-order valence-electron chi connectivity index (χ1n) is 4.45. The van der Waals surface area contributed by atoms with E-state index in [0.29, 0.717) is 0 Å². The molecule has 0 radical (unpaired) electrons. The Morgan fingerprint density at radius 2 is 2.29 bits per heavy atom. The smallest absolute Gasteiger partial charge is 0.143 e. The first kappa shape index (κ1) is 13.3. The number of oxime groups is 1. The monoisotopic (exact) mass is 218 g/mol. The van der Waals surface area contributed by atoms with Crippen LogP contribution in [-0.4, -0.2) is 46.8 Å². The Balaban J connectivity index is 4.76. The van der Waals surface area contributed by atoms with Gasteiger partial charge in [-0.05, 0) is 19.6 Å². The van der Waals surface area contributed by atoms with E-state index in [2.05, 4.69) is 5.16 Å². The van der Waals surface area contributed by atoms with E-state index in [0.717, 1.165) is 12.7 Å². The Morgan fingerprint density at radius 3 is 2.57 bits per heavy atom. The van der Waals surface area contributed by atoms with E-state index in [1.807, 2.05) is 20.1 Å². The molecule has 0 spiro atoms. The fourth-order valence-corrected chi connectivity index (χ4v) is 2.05. The van der Waals surface area contributed by atoms with E-state index in [4.69, 9.17) is 5.21 Å². The molecule has 1 N–H and O–H groups in total. The van der Waals surface area contributed by atoms with Crippen molar-refractivity contribution in [3.8, 4) is 0 Å². The van der Waals surface area contributed by atoms with E-state index in [9.17, 15) is 4.79 Å². The first-order valence-corrected chi connectivity index (χ1v) is 5.68. The SMILES string of the molecule is CCC(C)(SC)C(C=O)N(C)C=NO. The number of carbonyl (C=O) groups excluding carboxylic acids is 1. The van der Waals surface area contributed by atoms with Crippen molar-refractivity contribution in [2.45, 2.75) is 31.1 Å². The Kier molecular flexibility index (Phi) is 5.60. The fraction of sp³-hybridized carbons (Fsp3) is 0.778. The number of thioether (sulfide) groups is 1. The van der Waals surface area contributed by atoms with Crippen LogP contribution in [0.3, 0.4) is 0 Å². The molecule has 0 aromatic carbocycles. The van der Waals surface area contributed by atoms with Crippen molar-refractivity contribution >= 4 is 24.4 Å². The second-order valence-corrected chi connectivity index (χ2v) is 4.69. The van der Waals surface area contributed by atoms with E-state index in [1.54, 1.807) is 23.7 Å². The summed E-state index contributed by atoms with van der Waals surface area (Å²) in [6.45, 7) is 4.06. The Labute approximate surface area is 89.3 Å². The first-order chi connectivity index (χ1) is 6.55. The van der Waals surface area contributed by atoms with Gasteiger partial charge in [-0.3, -0.25) is 0 Å². The standard InChI is InChI=1S/C9H18N2O2S/c1-5-9(2,14-4)8(6-12)11(3)7-10-13/h6-8,13H,5H2,1-4H3. The minimum atomic E-state index is -0.279. The van der Waals surface area contributed by atoms with Crippen LogP contribution in [0.2, 0.25) is 0 Å². The van der Waals surface area contributed by atoms with Gasteiger partial charge in [-0.1, -0.05) is 12.1 Å². The zero-order valence-corrected chi connectivity index (χ0v) is 9.91. The minimum Gasteiger partial charge on any atom is -0.410 e. The highest BCUT2D eigenvalue weighted by Gasteiger charge is 2.33. The zero-order chi connectivity index (χ0) is 11.2. The molecular formula is C9H18N2O2S. The van der Waals surface area contributed by atoms with Crippen LogP contribution in [-0.2, 0) is 4.79 Å². The minimum absolute atomic E-state index is 0.155. The summed E-state index contributed by atoms with van der Waals surface area (Å²) < 4.78 is -0.155. The van der Waals surface area contributed by atoms with Crippen molar-refractivity contribution in [3.63, 3.8) is 0 Å². The summed E-state index contributed by atoms with van der Waals surface area (Å²) in [7, 11) is 1.73. The van der Waals surface area contributed by atoms with Crippen LogP contribution in [0, 0.1) is 0 Å². The molecule has 2 atom stereocenters. The van der Waals surface area contributed by atoms with Gasteiger partial charge in [-0.2, -0.15) is 11.8 Å². The van der Waals surface area contributed by atoms with E-state index >= 15 is 0 Å². The highest BCUT2D eigenvalue weighted by molar-refractivity contribution is 8.00. The lowest BCUT2D eigenvalue weighted by Crippen LogP contribution is -2.47. The summed E-state index contributed by atoms with van der Waals surface area (Å²) >= 11 is 1.64. The summed E-state index contributed by atoms with van der Waals surface area (Å²) in [4.78, 5) is 12.6. The highest BCUT2D eigenvalue weighted by Crippen LogP contribution is 2.31. The second-order valence-electron chi connectivity index (χ2n) is 3.35. The number of hydrogen-bond acceptors (Lipinski definition) is 4. The van der Waals surface area contributed by atoms with Crippen LogP contribution in [0.1, 0.15) is 20.3 Å². The molecule has 0 aliphatic carbocycles. The van der Waals surface area contributed by atoms with Gasteiger partial charge in [0.15, 0.2) is 0 Å². The van der Waals surface area contributed by atoms with Crippen molar-refractivity contribution in [2.24, 2.45) is 5.16 Å². The molecule has 0 bridgehead atoms. The summed E-state index contributed by atoms with van der Waals surface area (Å²) in [5, 5.41) is 11.3. The van der Waals surface area contributed by atoms with Gasteiger partial charge in [0, 0.05) is 11.8 Å². The molecule has 0 heterocycles. The van der Waals surface area contributed by atoms with Crippen LogP contribution in [0.15, 0.2) is 5.16 Å². The molecule has 0 rings (SSSR count). The predicted molar refractivity (Wildman–Crippen MR) is 60.1 cm³/mol. The van der Waals surface area contributed by atoms with Crippen LogP contribution < -0.4 is 0 Å². The number of aldehydes is 1.